The Labute approximate surface area is 126 Å². The van der Waals surface area contributed by atoms with Crippen LogP contribution in [0.25, 0.3) is 0 Å². The summed E-state index contributed by atoms with van der Waals surface area (Å²) in [6.45, 7) is 8.01. The van der Waals surface area contributed by atoms with Crippen LogP contribution in [0.15, 0.2) is 0 Å². The van der Waals surface area contributed by atoms with E-state index in [2.05, 4.69) is 4.90 Å². The van der Waals surface area contributed by atoms with Crippen LogP contribution in [0.2, 0.25) is 0 Å². The molecule has 0 bridgehead atoms. The highest BCUT2D eigenvalue weighted by atomic mass is 16.4. The van der Waals surface area contributed by atoms with E-state index in [-0.39, 0.29) is 18.5 Å². The van der Waals surface area contributed by atoms with E-state index < -0.39 is 5.97 Å². The fourth-order valence-corrected chi connectivity index (χ4v) is 2.88. The maximum absolute atomic E-state index is 12.6. The van der Waals surface area contributed by atoms with Gasteiger partial charge in [0.15, 0.2) is 0 Å². The normalized spacial score (nSPS) is 19.9. The van der Waals surface area contributed by atoms with Crippen molar-refractivity contribution in [2.75, 3.05) is 32.7 Å². The molecule has 0 radical (unpaired) electrons. The summed E-state index contributed by atoms with van der Waals surface area (Å²) >= 11 is 0. The van der Waals surface area contributed by atoms with Crippen molar-refractivity contribution in [1.29, 1.82) is 0 Å². The van der Waals surface area contributed by atoms with E-state index >= 15 is 0 Å². The number of carboxylic acid groups (broad SMARTS) is 1. The minimum absolute atomic E-state index is 0.0610. The molecule has 0 unspecified atom stereocenters. The van der Waals surface area contributed by atoms with Crippen molar-refractivity contribution in [2.45, 2.75) is 51.6 Å². The minimum Gasteiger partial charge on any atom is -0.481 e. The molecular weight excluding hydrogens is 270 g/mol. The number of rotatable bonds is 6. The highest BCUT2D eigenvalue weighted by Crippen LogP contribution is 2.27. The number of carbonyl (C=O) groups is 2. The molecule has 6 nitrogen and oxygen atoms in total. The van der Waals surface area contributed by atoms with Crippen LogP contribution in [0.4, 0.5) is 4.79 Å². The summed E-state index contributed by atoms with van der Waals surface area (Å²) in [5.41, 5.74) is 0. The van der Waals surface area contributed by atoms with Gasteiger partial charge in [0.25, 0.3) is 0 Å². The van der Waals surface area contributed by atoms with Gasteiger partial charge in [0, 0.05) is 51.2 Å². The van der Waals surface area contributed by atoms with Gasteiger partial charge in [-0.05, 0) is 33.1 Å². The van der Waals surface area contributed by atoms with Gasteiger partial charge in [-0.25, -0.2) is 4.79 Å². The van der Waals surface area contributed by atoms with E-state index in [0.717, 1.165) is 32.2 Å². The lowest BCUT2D eigenvalue weighted by atomic mass is 10.2. The first kappa shape index (κ1) is 16.1. The summed E-state index contributed by atoms with van der Waals surface area (Å²) in [5.74, 6) is -0.802. The maximum Gasteiger partial charge on any atom is 0.320 e. The van der Waals surface area contributed by atoms with Gasteiger partial charge in [-0.15, -0.1) is 0 Å². The molecular formula is C15H27N3O3. The molecule has 0 aromatic heterocycles. The third kappa shape index (κ3) is 4.59. The number of urea groups is 1. The first-order chi connectivity index (χ1) is 9.99. The summed E-state index contributed by atoms with van der Waals surface area (Å²) in [6.07, 6.45) is 3.25. The van der Waals surface area contributed by atoms with Crippen molar-refractivity contribution in [1.82, 2.24) is 14.7 Å². The highest BCUT2D eigenvalue weighted by Gasteiger charge is 2.33. The van der Waals surface area contributed by atoms with E-state index in [1.165, 1.54) is 12.8 Å². The van der Waals surface area contributed by atoms with Gasteiger partial charge >= 0.3 is 12.0 Å². The molecule has 1 aliphatic carbocycles. The molecule has 1 N–H and O–H groups in total. The summed E-state index contributed by atoms with van der Waals surface area (Å²) in [6, 6.07) is 0.928. The molecule has 6 heteroatoms. The molecule has 0 spiro atoms. The largest absolute Gasteiger partial charge is 0.481 e. The topological polar surface area (TPSA) is 64.1 Å². The smallest absolute Gasteiger partial charge is 0.320 e. The second-order valence-electron chi connectivity index (χ2n) is 6.32. The van der Waals surface area contributed by atoms with Gasteiger partial charge in [0.05, 0.1) is 0 Å². The number of carboxylic acids is 1. The molecule has 2 amide bonds. The number of amides is 2. The zero-order chi connectivity index (χ0) is 15.4. The molecule has 0 aromatic carbocycles. The molecule has 1 aliphatic heterocycles. The van der Waals surface area contributed by atoms with Crippen molar-refractivity contribution in [3.63, 3.8) is 0 Å². The van der Waals surface area contributed by atoms with E-state index in [1.54, 1.807) is 4.90 Å². The van der Waals surface area contributed by atoms with Gasteiger partial charge in [0.1, 0.15) is 0 Å². The highest BCUT2D eigenvalue weighted by molar-refractivity contribution is 5.75. The van der Waals surface area contributed by atoms with E-state index in [4.69, 9.17) is 5.11 Å². The lowest BCUT2D eigenvalue weighted by Crippen LogP contribution is -2.54. The van der Waals surface area contributed by atoms with Gasteiger partial charge in [-0.3, -0.25) is 9.69 Å². The molecule has 0 atom stereocenters. The van der Waals surface area contributed by atoms with Crippen LogP contribution < -0.4 is 0 Å². The number of piperazine rings is 1. The van der Waals surface area contributed by atoms with Crippen molar-refractivity contribution in [3.8, 4) is 0 Å². The van der Waals surface area contributed by atoms with E-state index in [0.29, 0.717) is 13.0 Å². The number of nitrogens with zero attached hydrogens (tertiary/aromatic N) is 3. The molecule has 2 rings (SSSR count). The fourth-order valence-electron chi connectivity index (χ4n) is 2.88. The van der Waals surface area contributed by atoms with Gasteiger partial charge in [-0.2, -0.15) is 0 Å². The summed E-state index contributed by atoms with van der Waals surface area (Å²) in [7, 11) is 0. The Bertz CT molecular complexity index is 374. The molecule has 1 saturated heterocycles. The Balaban J connectivity index is 1.81. The molecule has 120 valence electrons. The van der Waals surface area contributed by atoms with Crippen LogP contribution in [0.1, 0.15) is 39.5 Å². The maximum atomic E-state index is 12.6. The molecule has 1 saturated carbocycles. The number of aliphatic carboxylic acids is 1. The van der Waals surface area contributed by atoms with Crippen molar-refractivity contribution >= 4 is 12.0 Å². The van der Waals surface area contributed by atoms with Crippen LogP contribution >= 0.6 is 0 Å². The van der Waals surface area contributed by atoms with E-state index in [9.17, 15) is 9.59 Å². The average Bonchev–Trinajstić information content (AvgIpc) is 3.27. The second-order valence-corrected chi connectivity index (χ2v) is 6.32. The number of hydrogen-bond acceptors (Lipinski definition) is 3. The third-order valence-electron chi connectivity index (χ3n) is 4.31. The van der Waals surface area contributed by atoms with Crippen molar-refractivity contribution in [3.05, 3.63) is 0 Å². The summed E-state index contributed by atoms with van der Waals surface area (Å²) in [4.78, 5) is 29.4. The standard InChI is InChI=1S/C15H27N3O3/c1-12(2)18(7-3-4-14(19)20)15(21)17-10-8-16(9-11-17)13-5-6-13/h12-13H,3-11H2,1-2H3,(H,19,20). The predicted octanol–water partition coefficient (Wildman–Crippen LogP) is 1.46. The number of hydrogen-bond donors (Lipinski definition) is 1. The second kappa shape index (κ2) is 7.11. The van der Waals surface area contributed by atoms with E-state index in [1.807, 2.05) is 18.7 Å². The van der Waals surface area contributed by atoms with Gasteiger partial charge in [0.2, 0.25) is 0 Å². The first-order valence-corrected chi connectivity index (χ1v) is 8.00. The van der Waals surface area contributed by atoms with Crippen molar-refractivity contribution in [2.24, 2.45) is 0 Å². The summed E-state index contributed by atoms with van der Waals surface area (Å²) < 4.78 is 0. The average molecular weight is 297 g/mol. The Kier molecular flexibility index (Phi) is 5.45. The lowest BCUT2D eigenvalue weighted by Gasteiger charge is -2.39. The Morgan fingerprint density at radius 2 is 1.81 bits per heavy atom. The monoisotopic (exact) mass is 297 g/mol. The Morgan fingerprint density at radius 3 is 2.29 bits per heavy atom. The number of carbonyl (C=O) groups excluding carboxylic acids is 1. The zero-order valence-electron chi connectivity index (χ0n) is 13.1. The Hall–Kier alpha value is -1.30. The zero-order valence-corrected chi connectivity index (χ0v) is 13.1. The van der Waals surface area contributed by atoms with Crippen molar-refractivity contribution < 1.29 is 14.7 Å². The molecule has 2 fully saturated rings. The SMILES string of the molecule is CC(C)N(CCCC(=O)O)C(=O)N1CCN(C2CC2)CC1. The minimum atomic E-state index is -0.802. The Morgan fingerprint density at radius 1 is 1.19 bits per heavy atom. The third-order valence-corrected chi connectivity index (χ3v) is 4.31. The van der Waals surface area contributed by atoms with Crippen LogP contribution in [0, 0.1) is 0 Å². The lowest BCUT2D eigenvalue weighted by molar-refractivity contribution is -0.137. The van der Waals surface area contributed by atoms with Crippen LogP contribution in [-0.2, 0) is 4.79 Å². The molecule has 1 heterocycles. The molecule has 21 heavy (non-hydrogen) atoms. The predicted molar refractivity (Wildman–Crippen MR) is 80.3 cm³/mol. The van der Waals surface area contributed by atoms with Gasteiger partial charge in [-0.1, -0.05) is 0 Å². The molecule has 0 aromatic rings. The fraction of sp³-hybridized carbons (Fsp3) is 0.867. The van der Waals surface area contributed by atoms with Crippen LogP contribution in [-0.4, -0.2) is 76.6 Å². The first-order valence-electron chi connectivity index (χ1n) is 8.00. The summed E-state index contributed by atoms with van der Waals surface area (Å²) in [5, 5.41) is 8.72. The quantitative estimate of drug-likeness (QED) is 0.806. The molecule has 2 aliphatic rings. The van der Waals surface area contributed by atoms with Gasteiger partial charge < -0.3 is 14.9 Å². The van der Waals surface area contributed by atoms with Crippen LogP contribution in [0.3, 0.4) is 0 Å². The van der Waals surface area contributed by atoms with Crippen LogP contribution in [0.5, 0.6) is 0 Å².